The maximum atomic E-state index is 2.40. The first kappa shape index (κ1) is 17.7. The van der Waals surface area contributed by atoms with Crippen molar-refractivity contribution in [2.75, 3.05) is 11.9 Å². The van der Waals surface area contributed by atoms with Gasteiger partial charge >= 0.3 is 0 Å². The number of allylic oxidation sites excluding steroid dienone is 1. The summed E-state index contributed by atoms with van der Waals surface area (Å²) in [7, 11) is 2.15. The number of aromatic nitrogens is 1. The fourth-order valence-corrected chi connectivity index (χ4v) is 4.60. The molecule has 0 unspecified atom stereocenters. The van der Waals surface area contributed by atoms with Crippen LogP contribution in [0.1, 0.15) is 28.6 Å². The largest absolute Gasteiger partial charge is 0.344 e. The van der Waals surface area contributed by atoms with Crippen LogP contribution in [0.5, 0.6) is 0 Å². The Kier molecular flexibility index (Phi) is 4.71. The summed E-state index contributed by atoms with van der Waals surface area (Å²) in [5.41, 5.74) is 8.90. The lowest BCUT2D eigenvalue weighted by molar-refractivity contribution is -0.679. The molecule has 0 atom stereocenters. The van der Waals surface area contributed by atoms with Crippen molar-refractivity contribution in [3.05, 3.63) is 81.3 Å². The van der Waals surface area contributed by atoms with Gasteiger partial charge in [-0.15, -0.1) is 0 Å². The van der Waals surface area contributed by atoms with Gasteiger partial charge in [0.05, 0.1) is 5.38 Å². The fourth-order valence-electron chi connectivity index (χ4n) is 3.56. The van der Waals surface area contributed by atoms with Crippen LogP contribution in [0.3, 0.4) is 0 Å². The van der Waals surface area contributed by atoms with Gasteiger partial charge in [-0.05, 0) is 56.7 Å². The molecule has 0 fully saturated rings. The topological polar surface area (TPSA) is 7.12 Å². The molecule has 4 rings (SSSR count). The molecule has 27 heavy (non-hydrogen) atoms. The van der Waals surface area contributed by atoms with Gasteiger partial charge in [-0.1, -0.05) is 46.7 Å². The molecule has 1 aliphatic rings. The zero-order valence-corrected chi connectivity index (χ0v) is 17.2. The van der Waals surface area contributed by atoms with E-state index in [9.17, 15) is 0 Å². The van der Waals surface area contributed by atoms with Gasteiger partial charge in [-0.3, -0.25) is 0 Å². The first-order valence-electron chi connectivity index (χ1n) is 9.39. The number of hydrogen-bond acceptors (Lipinski definition) is 2. The maximum absolute atomic E-state index is 2.40. The molecule has 0 radical (unpaired) electrons. The predicted molar refractivity (Wildman–Crippen MR) is 117 cm³/mol. The highest BCUT2D eigenvalue weighted by Crippen LogP contribution is 2.31. The smallest absolute Gasteiger partial charge is 0.264 e. The second kappa shape index (κ2) is 7.16. The molecule has 136 valence electrons. The van der Waals surface area contributed by atoms with Crippen molar-refractivity contribution >= 4 is 29.2 Å². The third-order valence-electron chi connectivity index (χ3n) is 5.15. The van der Waals surface area contributed by atoms with Gasteiger partial charge in [-0.25, -0.2) is 0 Å². The van der Waals surface area contributed by atoms with Gasteiger partial charge in [0.15, 0.2) is 0 Å². The summed E-state index contributed by atoms with van der Waals surface area (Å²) in [5, 5.41) is 3.54. The average molecular weight is 374 g/mol. The van der Waals surface area contributed by atoms with E-state index in [2.05, 4.69) is 103 Å². The lowest BCUT2D eigenvalue weighted by atomic mass is 10.0. The molecule has 1 aromatic heterocycles. The van der Waals surface area contributed by atoms with Crippen molar-refractivity contribution in [3.8, 4) is 11.3 Å². The maximum Gasteiger partial charge on any atom is 0.264 e. The zero-order chi connectivity index (χ0) is 19.0. The Balaban J connectivity index is 1.73. The molecule has 0 saturated carbocycles. The standard InChI is InChI=1S/C24H25N2S/c1-5-26-23(19-9-6-17(2)7-10-19)16-27-24(26)15-21-12-11-20-14-18(3)8-13-22(20)25(21)4/h6-16H,5H2,1-4H3/q+1. The molecule has 0 N–H and O–H groups in total. The van der Waals surface area contributed by atoms with Crippen LogP contribution in [0.2, 0.25) is 0 Å². The van der Waals surface area contributed by atoms with Crippen molar-refractivity contribution in [3.63, 3.8) is 0 Å². The Hall–Kier alpha value is -2.65. The van der Waals surface area contributed by atoms with Crippen molar-refractivity contribution < 1.29 is 4.57 Å². The van der Waals surface area contributed by atoms with Gasteiger partial charge in [0.25, 0.3) is 5.01 Å². The number of hydrogen-bond donors (Lipinski definition) is 0. The van der Waals surface area contributed by atoms with E-state index in [1.807, 2.05) is 0 Å². The van der Waals surface area contributed by atoms with Crippen molar-refractivity contribution in [2.24, 2.45) is 0 Å². The highest BCUT2D eigenvalue weighted by Gasteiger charge is 2.21. The first-order valence-corrected chi connectivity index (χ1v) is 10.3. The summed E-state index contributed by atoms with van der Waals surface area (Å²) >= 11 is 1.81. The molecule has 0 aliphatic carbocycles. The van der Waals surface area contributed by atoms with E-state index in [0.29, 0.717) is 0 Å². The minimum atomic E-state index is 0.953. The number of fused-ring (bicyclic) bond motifs is 1. The summed E-state index contributed by atoms with van der Waals surface area (Å²) in [5.74, 6) is 0. The monoisotopic (exact) mass is 373 g/mol. The molecule has 0 amide bonds. The van der Waals surface area contributed by atoms with Gasteiger partial charge in [-0.2, -0.15) is 4.57 Å². The van der Waals surface area contributed by atoms with Crippen LogP contribution in [0.15, 0.2) is 59.6 Å². The van der Waals surface area contributed by atoms with Gasteiger partial charge in [0.1, 0.15) is 6.54 Å². The molecule has 3 heteroatoms. The van der Waals surface area contributed by atoms with E-state index in [1.54, 1.807) is 11.3 Å². The number of thiazole rings is 1. The van der Waals surface area contributed by atoms with E-state index in [1.165, 1.54) is 44.3 Å². The fraction of sp³-hybridized carbons (Fsp3) is 0.208. The van der Waals surface area contributed by atoms with Crippen molar-refractivity contribution in [1.29, 1.82) is 0 Å². The summed E-state index contributed by atoms with van der Waals surface area (Å²) in [4.78, 5) is 2.28. The molecule has 3 aromatic rings. The second-order valence-corrected chi connectivity index (χ2v) is 7.98. The SMILES string of the molecule is CC[n+]1c(-c2ccc(C)cc2)csc1/C=C1/C=Cc2cc(C)ccc2N1C. The van der Waals surface area contributed by atoms with Gasteiger partial charge < -0.3 is 4.90 Å². The Morgan fingerprint density at radius 1 is 1.00 bits per heavy atom. The third-order valence-corrected chi connectivity index (χ3v) is 6.07. The highest BCUT2D eigenvalue weighted by atomic mass is 32.1. The first-order chi connectivity index (χ1) is 13.1. The molecular formula is C24H25N2S+. The van der Waals surface area contributed by atoms with Crippen molar-refractivity contribution in [2.45, 2.75) is 27.3 Å². The summed E-state index contributed by atoms with van der Waals surface area (Å²) in [6.45, 7) is 7.44. The van der Waals surface area contributed by atoms with E-state index in [4.69, 9.17) is 0 Å². The van der Waals surface area contributed by atoms with Crippen LogP contribution in [-0.4, -0.2) is 7.05 Å². The summed E-state index contributed by atoms with van der Waals surface area (Å²) in [6.07, 6.45) is 6.73. The van der Waals surface area contributed by atoms with E-state index in [0.717, 1.165) is 6.54 Å². The normalized spacial score (nSPS) is 14.7. The van der Waals surface area contributed by atoms with Gasteiger partial charge in [0.2, 0.25) is 5.69 Å². The minimum Gasteiger partial charge on any atom is -0.344 e. The number of benzene rings is 2. The zero-order valence-electron chi connectivity index (χ0n) is 16.4. The van der Waals surface area contributed by atoms with Crippen LogP contribution in [0.4, 0.5) is 5.69 Å². The molecule has 0 spiro atoms. The van der Waals surface area contributed by atoms with Crippen LogP contribution in [-0.2, 0) is 6.54 Å². The molecule has 0 bridgehead atoms. The molecule has 2 nitrogen and oxygen atoms in total. The predicted octanol–water partition coefficient (Wildman–Crippen LogP) is 5.84. The minimum absolute atomic E-state index is 0.953. The average Bonchev–Trinajstić information content (AvgIpc) is 3.07. The van der Waals surface area contributed by atoms with E-state index in [-0.39, 0.29) is 0 Å². The lowest BCUT2D eigenvalue weighted by Gasteiger charge is -2.26. The van der Waals surface area contributed by atoms with Gasteiger partial charge in [0, 0.05) is 30.1 Å². The number of rotatable bonds is 3. The number of likely N-dealkylation sites (N-methyl/N-ethyl adjacent to an activating group) is 1. The molecule has 2 heterocycles. The van der Waals surface area contributed by atoms with Crippen LogP contribution >= 0.6 is 11.3 Å². The van der Waals surface area contributed by atoms with Crippen molar-refractivity contribution in [1.82, 2.24) is 0 Å². The van der Waals surface area contributed by atoms with E-state index < -0.39 is 0 Å². The van der Waals surface area contributed by atoms with Crippen LogP contribution in [0.25, 0.3) is 23.4 Å². The van der Waals surface area contributed by atoms with Crippen LogP contribution < -0.4 is 9.47 Å². The number of anilines is 1. The molecule has 1 aliphatic heterocycles. The Morgan fingerprint density at radius 2 is 1.74 bits per heavy atom. The van der Waals surface area contributed by atoms with Crippen LogP contribution in [0, 0.1) is 13.8 Å². The second-order valence-electron chi connectivity index (χ2n) is 7.09. The number of aryl methyl sites for hydroxylation is 2. The Bertz CT molecular complexity index is 1040. The van der Waals surface area contributed by atoms with E-state index >= 15 is 0 Å². The Labute approximate surface area is 165 Å². The molecular weight excluding hydrogens is 348 g/mol. The molecule has 2 aromatic carbocycles. The number of nitrogens with zero attached hydrogens (tertiary/aromatic N) is 2. The summed E-state index contributed by atoms with van der Waals surface area (Å²) < 4.78 is 2.40. The quantitative estimate of drug-likeness (QED) is 0.523. The highest BCUT2D eigenvalue weighted by molar-refractivity contribution is 7.10. The Morgan fingerprint density at radius 3 is 2.48 bits per heavy atom. The molecule has 0 saturated heterocycles. The third kappa shape index (κ3) is 3.35. The summed E-state index contributed by atoms with van der Waals surface area (Å²) in [6, 6.07) is 15.4. The lowest BCUT2D eigenvalue weighted by Crippen LogP contribution is -2.35.